The van der Waals surface area contributed by atoms with Crippen molar-refractivity contribution in [2.24, 2.45) is 7.05 Å². The third-order valence-corrected chi connectivity index (χ3v) is 5.45. The molecule has 0 atom stereocenters. The van der Waals surface area contributed by atoms with Gasteiger partial charge >= 0.3 is 0 Å². The summed E-state index contributed by atoms with van der Waals surface area (Å²) in [5.41, 5.74) is 2.21. The fourth-order valence-electron chi connectivity index (χ4n) is 3.19. The van der Waals surface area contributed by atoms with E-state index in [9.17, 15) is 9.59 Å². The van der Waals surface area contributed by atoms with Crippen LogP contribution in [0.4, 0.5) is 5.69 Å². The Kier molecular flexibility index (Phi) is 4.20. The highest BCUT2D eigenvalue weighted by atomic mass is 32.1. The number of rotatable bonds is 2. The highest BCUT2D eigenvalue weighted by Gasteiger charge is 2.24. The van der Waals surface area contributed by atoms with Crippen LogP contribution in [0.1, 0.15) is 15.5 Å². The van der Waals surface area contributed by atoms with Gasteiger partial charge in [-0.2, -0.15) is 0 Å². The van der Waals surface area contributed by atoms with Gasteiger partial charge in [-0.1, -0.05) is 0 Å². The van der Waals surface area contributed by atoms with Crippen LogP contribution in [0.3, 0.4) is 0 Å². The number of amides is 1. The molecule has 1 aromatic carbocycles. The predicted octanol–water partition coefficient (Wildman–Crippen LogP) is 1.66. The molecular weight excluding hydrogens is 350 g/mol. The zero-order chi connectivity index (χ0) is 18.3. The lowest BCUT2D eigenvalue weighted by Gasteiger charge is -2.35. The molecule has 0 radical (unpaired) electrons. The van der Waals surface area contributed by atoms with E-state index in [0.29, 0.717) is 29.7 Å². The number of nitrogens with zero attached hydrogens (tertiary/aromatic N) is 5. The van der Waals surface area contributed by atoms with E-state index >= 15 is 0 Å². The average Bonchev–Trinajstić information content (AvgIpc) is 3.10. The number of thiazole rings is 1. The molecule has 0 unspecified atom stereocenters. The van der Waals surface area contributed by atoms with Gasteiger partial charge in [-0.15, -0.1) is 11.3 Å². The minimum atomic E-state index is -0.0458. The monoisotopic (exact) mass is 369 g/mol. The second-order valence-corrected chi connectivity index (χ2v) is 7.46. The van der Waals surface area contributed by atoms with Crippen LogP contribution in [0, 0.1) is 6.92 Å². The van der Waals surface area contributed by atoms with Crippen molar-refractivity contribution in [2.45, 2.75) is 6.92 Å². The average molecular weight is 369 g/mol. The van der Waals surface area contributed by atoms with Crippen LogP contribution in [-0.2, 0) is 7.05 Å². The zero-order valence-corrected chi connectivity index (χ0v) is 15.5. The Morgan fingerprint density at radius 3 is 2.65 bits per heavy atom. The van der Waals surface area contributed by atoms with Crippen LogP contribution >= 0.6 is 11.3 Å². The summed E-state index contributed by atoms with van der Waals surface area (Å²) in [4.78, 5) is 37.3. The normalized spacial score (nSPS) is 14.8. The topological polar surface area (TPSA) is 71.3 Å². The number of hydrogen-bond donors (Lipinski definition) is 0. The van der Waals surface area contributed by atoms with Crippen molar-refractivity contribution < 1.29 is 4.79 Å². The minimum absolute atomic E-state index is 0.00215. The Balaban J connectivity index is 1.49. The summed E-state index contributed by atoms with van der Waals surface area (Å²) in [6.07, 6.45) is 1.54. The Morgan fingerprint density at radius 1 is 1.19 bits per heavy atom. The maximum atomic E-state index is 12.5. The molecule has 3 aromatic rings. The molecule has 4 rings (SSSR count). The largest absolute Gasteiger partial charge is 0.368 e. The Labute approximate surface area is 154 Å². The highest BCUT2D eigenvalue weighted by molar-refractivity contribution is 7.09. The number of carbonyl (C=O) groups is 1. The van der Waals surface area contributed by atoms with Gasteiger partial charge in [-0.05, 0) is 25.1 Å². The summed E-state index contributed by atoms with van der Waals surface area (Å²) in [5, 5.41) is 3.34. The van der Waals surface area contributed by atoms with Gasteiger partial charge in [0.25, 0.3) is 11.5 Å². The molecule has 1 aliphatic rings. The SMILES string of the molecule is Cc1nc(C(=O)N2CCN(c3ccc4c(=O)n(C)cnc4c3)CC2)cs1. The van der Waals surface area contributed by atoms with Crippen LogP contribution < -0.4 is 10.5 Å². The van der Waals surface area contributed by atoms with Crippen molar-refractivity contribution in [1.82, 2.24) is 19.4 Å². The third-order valence-electron chi connectivity index (χ3n) is 4.67. The highest BCUT2D eigenvalue weighted by Crippen LogP contribution is 2.21. The fourth-order valence-corrected chi connectivity index (χ4v) is 3.77. The van der Waals surface area contributed by atoms with Gasteiger partial charge in [0.1, 0.15) is 5.69 Å². The number of benzene rings is 1. The van der Waals surface area contributed by atoms with Gasteiger partial charge in [-0.25, -0.2) is 9.97 Å². The molecule has 1 aliphatic heterocycles. The summed E-state index contributed by atoms with van der Waals surface area (Å²) in [6, 6.07) is 5.72. The van der Waals surface area contributed by atoms with Crippen LogP contribution in [0.25, 0.3) is 10.9 Å². The van der Waals surface area contributed by atoms with E-state index in [1.807, 2.05) is 35.4 Å². The first kappa shape index (κ1) is 16.7. The van der Waals surface area contributed by atoms with Crippen molar-refractivity contribution >= 4 is 33.8 Å². The molecule has 0 saturated carbocycles. The summed E-state index contributed by atoms with van der Waals surface area (Å²) in [5.74, 6) is -0.00215. The van der Waals surface area contributed by atoms with E-state index in [2.05, 4.69) is 14.9 Å². The third kappa shape index (κ3) is 2.96. The number of piperazine rings is 1. The van der Waals surface area contributed by atoms with Crippen LogP contribution in [0.5, 0.6) is 0 Å². The number of hydrogen-bond acceptors (Lipinski definition) is 6. The maximum absolute atomic E-state index is 12.5. The molecule has 1 fully saturated rings. The van der Waals surface area contributed by atoms with E-state index in [4.69, 9.17) is 0 Å². The number of anilines is 1. The number of aromatic nitrogens is 3. The summed E-state index contributed by atoms with van der Waals surface area (Å²) < 4.78 is 1.48. The summed E-state index contributed by atoms with van der Waals surface area (Å²) in [7, 11) is 1.70. The van der Waals surface area contributed by atoms with Gasteiger partial charge in [0, 0.05) is 44.3 Å². The standard InChI is InChI=1S/C18H19N5O2S/c1-12-20-16(10-26-12)18(25)23-7-5-22(6-8-23)13-3-4-14-15(9-13)19-11-21(2)17(14)24/h3-4,9-11H,5-8H2,1-2H3. The minimum Gasteiger partial charge on any atom is -0.368 e. The van der Waals surface area contributed by atoms with E-state index in [0.717, 1.165) is 23.8 Å². The van der Waals surface area contributed by atoms with E-state index in [-0.39, 0.29) is 11.5 Å². The van der Waals surface area contributed by atoms with Crippen LogP contribution in [0.15, 0.2) is 34.7 Å². The second kappa shape index (κ2) is 6.53. The van der Waals surface area contributed by atoms with Crippen molar-refractivity contribution in [3.05, 3.63) is 51.0 Å². The first-order chi connectivity index (χ1) is 12.5. The first-order valence-electron chi connectivity index (χ1n) is 8.44. The molecule has 1 saturated heterocycles. The van der Waals surface area contributed by atoms with Crippen molar-refractivity contribution in [1.29, 1.82) is 0 Å². The van der Waals surface area contributed by atoms with E-state index in [1.165, 1.54) is 15.9 Å². The molecular formula is C18H19N5O2S. The summed E-state index contributed by atoms with van der Waals surface area (Å²) in [6.45, 7) is 4.69. The first-order valence-corrected chi connectivity index (χ1v) is 9.32. The van der Waals surface area contributed by atoms with Crippen molar-refractivity contribution in [3.63, 3.8) is 0 Å². The molecule has 0 aliphatic carbocycles. The lowest BCUT2D eigenvalue weighted by atomic mass is 10.2. The lowest BCUT2D eigenvalue weighted by molar-refractivity contribution is 0.0741. The Bertz CT molecular complexity index is 1030. The van der Waals surface area contributed by atoms with Gasteiger partial charge in [-0.3, -0.25) is 9.59 Å². The van der Waals surface area contributed by atoms with E-state index < -0.39 is 0 Å². The van der Waals surface area contributed by atoms with Crippen molar-refractivity contribution in [3.8, 4) is 0 Å². The molecule has 8 heteroatoms. The number of aryl methyl sites for hydroxylation is 2. The molecule has 3 heterocycles. The smallest absolute Gasteiger partial charge is 0.273 e. The maximum Gasteiger partial charge on any atom is 0.273 e. The Morgan fingerprint density at radius 2 is 1.96 bits per heavy atom. The molecule has 26 heavy (non-hydrogen) atoms. The molecule has 7 nitrogen and oxygen atoms in total. The number of carbonyl (C=O) groups excluding carboxylic acids is 1. The molecule has 1 amide bonds. The van der Waals surface area contributed by atoms with Crippen LogP contribution in [-0.4, -0.2) is 51.5 Å². The molecule has 2 aromatic heterocycles. The summed E-state index contributed by atoms with van der Waals surface area (Å²) >= 11 is 1.49. The van der Waals surface area contributed by atoms with Gasteiger partial charge in [0.2, 0.25) is 0 Å². The quantitative estimate of drug-likeness (QED) is 0.687. The molecule has 0 N–H and O–H groups in total. The lowest BCUT2D eigenvalue weighted by Crippen LogP contribution is -2.48. The second-order valence-electron chi connectivity index (χ2n) is 6.39. The molecule has 134 valence electrons. The zero-order valence-electron chi connectivity index (χ0n) is 14.7. The van der Waals surface area contributed by atoms with Gasteiger partial charge < -0.3 is 14.4 Å². The van der Waals surface area contributed by atoms with Gasteiger partial charge in [0.15, 0.2) is 0 Å². The number of fused-ring (bicyclic) bond motifs is 1. The molecule has 0 spiro atoms. The van der Waals surface area contributed by atoms with Crippen LogP contribution in [0.2, 0.25) is 0 Å². The van der Waals surface area contributed by atoms with Gasteiger partial charge in [0.05, 0.1) is 22.2 Å². The predicted molar refractivity (Wildman–Crippen MR) is 102 cm³/mol. The Hall–Kier alpha value is -2.74. The molecule has 0 bridgehead atoms. The van der Waals surface area contributed by atoms with E-state index in [1.54, 1.807) is 13.4 Å². The van der Waals surface area contributed by atoms with Crippen molar-refractivity contribution in [2.75, 3.05) is 31.1 Å². The fraction of sp³-hybridized carbons (Fsp3) is 0.333.